The standard InChI is InChI=1S/C12H18N2S3/c1-4-9-7(2)13-11(14-12(9)15)10-8(3)16-5-6-17-10/h8,10H,4-6H2,1-3H3,(H,13,14,15). The van der Waals surface area contributed by atoms with Crippen molar-refractivity contribution < 1.29 is 0 Å². The van der Waals surface area contributed by atoms with Gasteiger partial charge in [0.15, 0.2) is 0 Å². The number of rotatable bonds is 2. The van der Waals surface area contributed by atoms with E-state index in [0.717, 1.165) is 16.9 Å². The molecule has 2 nitrogen and oxygen atoms in total. The topological polar surface area (TPSA) is 28.7 Å². The Labute approximate surface area is 116 Å². The summed E-state index contributed by atoms with van der Waals surface area (Å²) in [5, 5.41) is 1.07. The van der Waals surface area contributed by atoms with E-state index in [9.17, 15) is 0 Å². The van der Waals surface area contributed by atoms with E-state index in [1.165, 1.54) is 22.8 Å². The van der Waals surface area contributed by atoms with Gasteiger partial charge in [0, 0.05) is 28.0 Å². The maximum Gasteiger partial charge on any atom is 0.133 e. The van der Waals surface area contributed by atoms with Gasteiger partial charge in [-0.25, -0.2) is 4.98 Å². The molecule has 0 saturated carbocycles. The summed E-state index contributed by atoms with van der Waals surface area (Å²) in [6.07, 6.45) is 0.955. The lowest BCUT2D eigenvalue weighted by Gasteiger charge is -2.27. The van der Waals surface area contributed by atoms with Crippen LogP contribution in [0.4, 0.5) is 0 Å². The Morgan fingerprint density at radius 2 is 2.12 bits per heavy atom. The summed E-state index contributed by atoms with van der Waals surface area (Å²) >= 11 is 9.41. The Bertz CT molecular complexity index is 456. The average molecular weight is 286 g/mol. The molecule has 2 heterocycles. The fourth-order valence-electron chi connectivity index (χ4n) is 2.12. The minimum absolute atomic E-state index is 0.458. The number of hydrogen-bond acceptors (Lipinski definition) is 4. The van der Waals surface area contributed by atoms with Crippen LogP contribution in [0.25, 0.3) is 0 Å². The Kier molecular flexibility index (Phi) is 4.55. The van der Waals surface area contributed by atoms with Crippen molar-refractivity contribution >= 4 is 35.7 Å². The van der Waals surface area contributed by atoms with Crippen molar-refractivity contribution in [3.63, 3.8) is 0 Å². The SMILES string of the molecule is CCc1c(C)[nH]c(C2SCCSC2C)nc1=S. The fraction of sp³-hybridized carbons (Fsp3) is 0.667. The van der Waals surface area contributed by atoms with E-state index in [1.807, 2.05) is 23.5 Å². The highest BCUT2D eigenvalue weighted by atomic mass is 32.2. The molecule has 17 heavy (non-hydrogen) atoms. The first kappa shape index (κ1) is 13.4. The Morgan fingerprint density at radius 3 is 2.71 bits per heavy atom. The molecule has 0 radical (unpaired) electrons. The summed E-state index contributed by atoms with van der Waals surface area (Å²) in [7, 11) is 0. The van der Waals surface area contributed by atoms with Crippen LogP contribution < -0.4 is 0 Å². The second-order valence-corrected chi connectivity index (χ2v) is 7.37. The van der Waals surface area contributed by atoms with E-state index in [1.54, 1.807) is 0 Å². The molecular weight excluding hydrogens is 268 g/mol. The van der Waals surface area contributed by atoms with Crippen LogP contribution in [0.3, 0.4) is 0 Å². The smallest absolute Gasteiger partial charge is 0.133 e. The summed E-state index contributed by atoms with van der Waals surface area (Å²) in [6.45, 7) is 6.51. The Balaban J connectivity index is 2.36. The predicted octanol–water partition coefficient (Wildman–Crippen LogP) is 3.92. The Morgan fingerprint density at radius 1 is 1.41 bits per heavy atom. The van der Waals surface area contributed by atoms with Gasteiger partial charge in [-0.3, -0.25) is 0 Å². The molecule has 0 bridgehead atoms. The number of nitrogens with zero attached hydrogens (tertiary/aromatic N) is 1. The molecule has 94 valence electrons. The molecule has 1 N–H and O–H groups in total. The molecule has 1 aliphatic rings. The monoisotopic (exact) mass is 286 g/mol. The number of H-pyrrole nitrogens is 1. The van der Waals surface area contributed by atoms with Crippen molar-refractivity contribution in [2.45, 2.75) is 37.7 Å². The molecule has 1 aromatic rings. The van der Waals surface area contributed by atoms with Crippen molar-refractivity contribution in [2.24, 2.45) is 0 Å². The summed E-state index contributed by atoms with van der Waals surface area (Å²) in [5.74, 6) is 3.51. The summed E-state index contributed by atoms with van der Waals surface area (Å²) < 4.78 is 0.780. The van der Waals surface area contributed by atoms with Gasteiger partial charge >= 0.3 is 0 Å². The van der Waals surface area contributed by atoms with Gasteiger partial charge in [-0.15, -0.1) is 11.8 Å². The molecule has 2 atom stereocenters. The first-order valence-corrected chi connectivity index (χ1v) is 8.47. The summed E-state index contributed by atoms with van der Waals surface area (Å²) in [5.41, 5.74) is 2.37. The van der Waals surface area contributed by atoms with Crippen molar-refractivity contribution in [3.8, 4) is 0 Å². The zero-order valence-corrected chi connectivity index (χ0v) is 12.9. The normalized spacial score (nSPS) is 24.9. The lowest BCUT2D eigenvalue weighted by atomic mass is 10.2. The van der Waals surface area contributed by atoms with Crippen LogP contribution in [0.1, 0.15) is 36.2 Å². The fourth-order valence-corrected chi connectivity index (χ4v) is 5.22. The van der Waals surface area contributed by atoms with Crippen LogP contribution in [0, 0.1) is 11.6 Å². The van der Waals surface area contributed by atoms with E-state index in [4.69, 9.17) is 12.2 Å². The zero-order chi connectivity index (χ0) is 12.4. The largest absolute Gasteiger partial charge is 0.346 e. The van der Waals surface area contributed by atoms with Crippen molar-refractivity contribution in [1.29, 1.82) is 0 Å². The maximum absolute atomic E-state index is 5.39. The first-order chi connectivity index (χ1) is 8.13. The number of aromatic amines is 1. The molecule has 1 fully saturated rings. The second kappa shape index (κ2) is 5.76. The third-order valence-corrected chi connectivity index (χ3v) is 6.50. The van der Waals surface area contributed by atoms with E-state index < -0.39 is 0 Å². The zero-order valence-electron chi connectivity index (χ0n) is 10.4. The quantitative estimate of drug-likeness (QED) is 0.834. The average Bonchev–Trinajstić information content (AvgIpc) is 2.29. The van der Waals surface area contributed by atoms with Crippen LogP contribution in [0.15, 0.2) is 0 Å². The van der Waals surface area contributed by atoms with Crippen LogP contribution in [-0.4, -0.2) is 26.7 Å². The van der Waals surface area contributed by atoms with Crippen molar-refractivity contribution in [2.75, 3.05) is 11.5 Å². The number of hydrogen-bond donors (Lipinski definition) is 1. The van der Waals surface area contributed by atoms with Gasteiger partial charge in [0.2, 0.25) is 0 Å². The number of aryl methyl sites for hydroxylation is 1. The van der Waals surface area contributed by atoms with Crippen LogP contribution in [0.5, 0.6) is 0 Å². The summed E-state index contributed by atoms with van der Waals surface area (Å²) in [4.78, 5) is 8.06. The Hall–Kier alpha value is -0.000000000000000139. The minimum Gasteiger partial charge on any atom is -0.346 e. The maximum atomic E-state index is 5.39. The molecule has 5 heteroatoms. The van der Waals surface area contributed by atoms with Gasteiger partial charge in [-0.2, -0.15) is 11.8 Å². The molecule has 0 aliphatic carbocycles. The highest BCUT2D eigenvalue weighted by molar-refractivity contribution is 8.06. The van der Waals surface area contributed by atoms with Gasteiger partial charge in [0.1, 0.15) is 10.5 Å². The van der Waals surface area contributed by atoms with Crippen LogP contribution in [-0.2, 0) is 6.42 Å². The van der Waals surface area contributed by atoms with Crippen LogP contribution in [0.2, 0.25) is 0 Å². The predicted molar refractivity (Wildman–Crippen MR) is 80.7 cm³/mol. The molecule has 1 aliphatic heterocycles. The second-order valence-electron chi connectivity index (χ2n) is 4.25. The number of thioether (sulfide) groups is 2. The van der Waals surface area contributed by atoms with Crippen molar-refractivity contribution in [3.05, 3.63) is 21.7 Å². The van der Waals surface area contributed by atoms with Gasteiger partial charge in [-0.1, -0.05) is 26.1 Å². The summed E-state index contributed by atoms with van der Waals surface area (Å²) in [6, 6.07) is 0. The highest BCUT2D eigenvalue weighted by Gasteiger charge is 2.26. The molecule has 1 aromatic heterocycles. The lowest BCUT2D eigenvalue weighted by molar-refractivity contribution is 0.799. The van der Waals surface area contributed by atoms with Crippen molar-refractivity contribution in [1.82, 2.24) is 9.97 Å². The minimum atomic E-state index is 0.458. The van der Waals surface area contributed by atoms with Gasteiger partial charge in [0.25, 0.3) is 0 Å². The van der Waals surface area contributed by atoms with E-state index in [2.05, 4.69) is 30.7 Å². The van der Waals surface area contributed by atoms with Crippen LogP contribution >= 0.6 is 35.7 Å². The van der Waals surface area contributed by atoms with Gasteiger partial charge in [-0.05, 0) is 13.3 Å². The first-order valence-electron chi connectivity index (χ1n) is 5.96. The third-order valence-electron chi connectivity index (χ3n) is 3.06. The molecular formula is C12H18N2S3. The molecule has 0 aromatic carbocycles. The third kappa shape index (κ3) is 2.88. The van der Waals surface area contributed by atoms with E-state index in [0.29, 0.717) is 10.5 Å². The van der Waals surface area contributed by atoms with Gasteiger partial charge in [0.05, 0.1) is 5.25 Å². The highest BCUT2D eigenvalue weighted by Crippen LogP contribution is 2.41. The molecule has 2 unspecified atom stereocenters. The van der Waals surface area contributed by atoms with E-state index >= 15 is 0 Å². The molecule has 2 rings (SSSR count). The van der Waals surface area contributed by atoms with E-state index in [-0.39, 0.29) is 0 Å². The molecule has 1 saturated heterocycles. The lowest BCUT2D eigenvalue weighted by Crippen LogP contribution is -2.19. The number of nitrogens with one attached hydrogen (secondary N) is 1. The molecule has 0 amide bonds. The number of aromatic nitrogens is 2. The molecule has 0 spiro atoms. The van der Waals surface area contributed by atoms with Gasteiger partial charge < -0.3 is 4.98 Å².